The van der Waals surface area contributed by atoms with E-state index >= 15 is 0 Å². The Hall–Kier alpha value is -1.18. The van der Waals surface area contributed by atoms with Gasteiger partial charge in [0.05, 0.1) is 7.11 Å². The van der Waals surface area contributed by atoms with Gasteiger partial charge in [0.2, 0.25) is 0 Å². The number of aryl methyl sites for hydroxylation is 1. The Labute approximate surface area is 129 Å². The van der Waals surface area contributed by atoms with E-state index < -0.39 is 0 Å². The molecule has 21 heavy (non-hydrogen) atoms. The van der Waals surface area contributed by atoms with Crippen LogP contribution in [-0.4, -0.2) is 13.2 Å². The molecular weight excluding hydrogens is 258 g/mol. The largest absolute Gasteiger partial charge is 0.496 e. The van der Waals surface area contributed by atoms with Gasteiger partial charge in [-0.1, -0.05) is 31.7 Å². The first-order valence-electron chi connectivity index (χ1n) is 8.59. The summed E-state index contributed by atoms with van der Waals surface area (Å²) in [7, 11) is 1.77. The minimum atomic E-state index is 0.649. The molecule has 2 saturated carbocycles. The molecule has 0 bridgehead atoms. The molecule has 1 aromatic carbocycles. The Kier molecular flexibility index (Phi) is 4.42. The fourth-order valence-electron chi connectivity index (χ4n) is 4.52. The molecule has 0 radical (unpaired) electrons. The Morgan fingerprint density at radius 1 is 1.00 bits per heavy atom. The maximum absolute atomic E-state index is 5.55. The average molecular weight is 287 g/mol. The molecule has 0 amide bonds. The van der Waals surface area contributed by atoms with Crippen LogP contribution in [-0.2, 0) is 0 Å². The van der Waals surface area contributed by atoms with E-state index in [9.17, 15) is 0 Å². The summed E-state index contributed by atoms with van der Waals surface area (Å²) in [6.07, 6.45) is 9.97. The number of benzene rings is 1. The molecule has 2 heteroatoms. The topological polar surface area (TPSA) is 21.3 Å². The van der Waals surface area contributed by atoms with Gasteiger partial charge >= 0.3 is 0 Å². The van der Waals surface area contributed by atoms with Crippen LogP contribution >= 0.6 is 0 Å². The van der Waals surface area contributed by atoms with E-state index in [1.54, 1.807) is 7.11 Å². The molecule has 2 nitrogen and oxygen atoms in total. The third kappa shape index (κ3) is 3.04. The number of ether oxygens (including phenoxy) is 1. The predicted octanol–water partition coefficient (Wildman–Crippen LogP) is 5.08. The SMILES string of the molecule is COc1c(C)ccc(NC2CCC3CCCCC3C2)c1C. The molecule has 2 fully saturated rings. The zero-order chi connectivity index (χ0) is 14.8. The summed E-state index contributed by atoms with van der Waals surface area (Å²) in [5.74, 6) is 3.02. The van der Waals surface area contributed by atoms with Crippen LogP contribution in [0.25, 0.3) is 0 Å². The first-order chi connectivity index (χ1) is 10.2. The maximum Gasteiger partial charge on any atom is 0.126 e. The summed E-state index contributed by atoms with van der Waals surface area (Å²) in [6, 6.07) is 5.04. The van der Waals surface area contributed by atoms with E-state index in [4.69, 9.17) is 4.74 Å². The minimum absolute atomic E-state index is 0.649. The summed E-state index contributed by atoms with van der Waals surface area (Å²) in [4.78, 5) is 0. The van der Waals surface area contributed by atoms with Crippen LogP contribution in [0.4, 0.5) is 5.69 Å². The standard InChI is InChI=1S/C19H29NO/c1-13-8-11-18(14(2)19(13)21-3)20-17-10-9-15-6-4-5-7-16(15)12-17/h8,11,15-17,20H,4-7,9-10,12H2,1-3H3. The first-order valence-corrected chi connectivity index (χ1v) is 8.59. The van der Waals surface area contributed by atoms with Gasteiger partial charge in [-0.15, -0.1) is 0 Å². The molecule has 0 heterocycles. The lowest BCUT2D eigenvalue weighted by atomic mass is 9.69. The zero-order valence-electron chi connectivity index (χ0n) is 13.7. The van der Waals surface area contributed by atoms with Crippen LogP contribution in [0.3, 0.4) is 0 Å². The summed E-state index contributed by atoms with van der Waals surface area (Å²) >= 11 is 0. The number of rotatable bonds is 3. The monoisotopic (exact) mass is 287 g/mol. The van der Waals surface area contributed by atoms with Crippen LogP contribution in [0.1, 0.15) is 56.1 Å². The molecule has 2 aliphatic rings. The first kappa shape index (κ1) is 14.7. The molecule has 1 N–H and O–H groups in total. The number of nitrogens with one attached hydrogen (secondary N) is 1. The van der Waals surface area contributed by atoms with Gasteiger partial charge in [-0.2, -0.15) is 0 Å². The predicted molar refractivity (Wildman–Crippen MR) is 89.2 cm³/mol. The lowest BCUT2D eigenvalue weighted by molar-refractivity contribution is 0.162. The van der Waals surface area contributed by atoms with Crippen molar-refractivity contribution in [2.24, 2.45) is 11.8 Å². The fraction of sp³-hybridized carbons (Fsp3) is 0.684. The van der Waals surface area contributed by atoms with Crippen LogP contribution in [0.15, 0.2) is 12.1 Å². The van der Waals surface area contributed by atoms with Crippen molar-refractivity contribution < 1.29 is 4.74 Å². The van der Waals surface area contributed by atoms with Crippen molar-refractivity contribution in [1.29, 1.82) is 0 Å². The molecule has 0 spiro atoms. The van der Waals surface area contributed by atoms with E-state index in [0.717, 1.165) is 17.6 Å². The van der Waals surface area contributed by atoms with Crippen molar-refractivity contribution >= 4 is 5.69 Å². The molecule has 3 unspecified atom stereocenters. The van der Waals surface area contributed by atoms with E-state index in [1.807, 2.05) is 0 Å². The normalized spacial score (nSPS) is 28.8. The number of hydrogen-bond donors (Lipinski definition) is 1. The highest BCUT2D eigenvalue weighted by Crippen LogP contribution is 2.41. The van der Waals surface area contributed by atoms with Crippen molar-refractivity contribution in [2.45, 2.75) is 64.8 Å². The van der Waals surface area contributed by atoms with Gasteiger partial charge in [0.15, 0.2) is 0 Å². The van der Waals surface area contributed by atoms with E-state index in [-0.39, 0.29) is 0 Å². The van der Waals surface area contributed by atoms with Gasteiger partial charge in [-0.25, -0.2) is 0 Å². The van der Waals surface area contributed by atoms with E-state index in [1.165, 1.54) is 61.8 Å². The second-order valence-corrected chi connectivity index (χ2v) is 7.05. The fourth-order valence-corrected chi connectivity index (χ4v) is 4.52. The molecule has 3 rings (SSSR count). The second-order valence-electron chi connectivity index (χ2n) is 7.05. The van der Waals surface area contributed by atoms with E-state index in [2.05, 4.69) is 31.3 Å². The van der Waals surface area contributed by atoms with Gasteiger partial charge < -0.3 is 10.1 Å². The summed E-state index contributed by atoms with van der Waals surface area (Å²) in [5.41, 5.74) is 3.73. The molecule has 1 aromatic rings. The lowest BCUT2D eigenvalue weighted by Gasteiger charge is -2.40. The molecule has 3 atom stereocenters. The van der Waals surface area contributed by atoms with Crippen molar-refractivity contribution in [1.82, 2.24) is 0 Å². The highest BCUT2D eigenvalue weighted by atomic mass is 16.5. The molecule has 116 valence electrons. The summed E-state index contributed by atoms with van der Waals surface area (Å²) < 4.78 is 5.55. The van der Waals surface area contributed by atoms with Gasteiger partial charge in [0, 0.05) is 17.3 Å². The van der Waals surface area contributed by atoms with Crippen LogP contribution in [0, 0.1) is 25.7 Å². The van der Waals surface area contributed by atoms with Crippen LogP contribution in [0.2, 0.25) is 0 Å². The lowest BCUT2D eigenvalue weighted by Crippen LogP contribution is -2.34. The van der Waals surface area contributed by atoms with Crippen molar-refractivity contribution in [3.8, 4) is 5.75 Å². The van der Waals surface area contributed by atoms with Crippen LogP contribution in [0.5, 0.6) is 5.75 Å². The number of methoxy groups -OCH3 is 1. The van der Waals surface area contributed by atoms with Gasteiger partial charge in [-0.3, -0.25) is 0 Å². The Morgan fingerprint density at radius 2 is 1.76 bits per heavy atom. The summed E-state index contributed by atoms with van der Waals surface area (Å²) in [5, 5.41) is 3.80. The molecular formula is C19H29NO. The number of fused-ring (bicyclic) bond motifs is 1. The van der Waals surface area contributed by atoms with Crippen molar-refractivity contribution in [3.05, 3.63) is 23.3 Å². The highest BCUT2D eigenvalue weighted by molar-refractivity contribution is 5.60. The average Bonchev–Trinajstić information content (AvgIpc) is 2.50. The van der Waals surface area contributed by atoms with Gasteiger partial charge in [-0.05, 0) is 56.6 Å². The smallest absolute Gasteiger partial charge is 0.126 e. The molecule has 0 saturated heterocycles. The Balaban J connectivity index is 1.69. The second kappa shape index (κ2) is 6.29. The molecule has 0 aromatic heterocycles. The Bertz CT molecular complexity index is 497. The summed E-state index contributed by atoms with van der Waals surface area (Å²) in [6.45, 7) is 4.28. The highest BCUT2D eigenvalue weighted by Gasteiger charge is 2.32. The Morgan fingerprint density at radius 3 is 2.52 bits per heavy atom. The third-order valence-electron chi connectivity index (χ3n) is 5.71. The van der Waals surface area contributed by atoms with Gasteiger partial charge in [0.1, 0.15) is 5.75 Å². The minimum Gasteiger partial charge on any atom is -0.496 e. The number of hydrogen-bond acceptors (Lipinski definition) is 2. The maximum atomic E-state index is 5.55. The zero-order valence-corrected chi connectivity index (χ0v) is 13.7. The van der Waals surface area contributed by atoms with Crippen molar-refractivity contribution in [2.75, 3.05) is 12.4 Å². The quantitative estimate of drug-likeness (QED) is 0.836. The third-order valence-corrected chi connectivity index (χ3v) is 5.71. The van der Waals surface area contributed by atoms with Gasteiger partial charge in [0.25, 0.3) is 0 Å². The molecule has 2 aliphatic carbocycles. The van der Waals surface area contributed by atoms with Crippen LogP contribution < -0.4 is 10.1 Å². The molecule has 0 aliphatic heterocycles. The van der Waals surface area contributed by atoms with E-state index in [0.29, 0.717) is 6.04 Å². The number of anilines is 1. The van der Waals surface area contributed by atoms with Crippen molar-refractivity contribution in [3.63, 3.8) is 0 Å².